The van der Waals surface area contributed by atoms with Crippen LogP contribution in [0.1, 0.15) is 41.7 Å². The zero-order chi connectivity index (χ0) is 19.9. The van der Waals surface area contributed by atoms with E-state index in [1.54, 1.807) is 20.8 Å². The molecule has 1 atom stereocenters. The van der Waals surface area contributed by atoms with Crippen LogP contribution in [0.4, 0.5) is 4.79 Å². The minimum Gasteiger partial charge on any atom is -0.480 e. The molecule has 1 heterocycles. The largest absolute Gasteiger partial charge is 0.480 e. The van der Waals surface area contributed by atoms with Crippen LogP contribution in [0.25, 0.3) is 0 Å². The summed E-state index contributed by atoms with van der Waals surface area (Å²) in [6, 6.07) is 2.50. The molecule has 1 aromatic rings. The van der Waals surface area contributed by atoms with E-state index in [-0.39, 0.29) is 11.4 Å². The summed E-state index contributed by atoms with van der Waals surface area (Å²) in [5.74, 6) is -3.12. The topological polar surface area (TPSA) is 141 Å². The van der Waals surface area contributed by atoms with E-state index >= 15 is 0 Å². The molecule has 1 amide bonds. The van der Waals surface area contributed by atoms with Gasteiger partial charge in [-0.15, -0.1) is 0 Å². The van der Waals surface area contributed by atoms with Gasteiger partial charge in [-0.2, -0.15) is 0 Å². The van der Waals surface area contributed by atoms with Crippen molar-refractivity contribution in [2.75, 3.05) is 13.7 Å². The van der Waals surface area contributed by atoms with E-state index in [4.69, 9.17) is 14.6 Å². The smallest absolute Gasteiger partial charge is 0.408 e. The number of aromatic nitrogens is 1. The third-order valence-electron chi connectivity index (χ3n) is 2.72. The third kappa shape index (κ3) is 6.75. The zero-order valence-corrected chi connectivity index (χ0v) is 14.8. The number of carbonyl (C=O) groups is 4. The lowest BCUT2D eigenvalue weighted by Crippen LogP contribution is -2.46. The number of esters is 2. The minimum absolute atomic E-state index is 0.108. The van der Waals surface area contributed by atoms with Crippen LogP contribution >= 0.6 is 0 Å². The molecule has 0 unspecified atom stereocenters. The zero-order valence-electron chi connectivity index (χ0n) is 14.8. The molecule has 0 radical (unpaired) electrons. The second-order valence-corrected chi connectivity index (χ2v) is 6.04. The van der Waals surface area contributed by atoms with Crippen LogP contribution < -0.4 is 5.32 Å². The summed E-state index contributed by atoms with van der Waals surface area (Å²) in [5.41, 5.74) is -1.14. The van der Waals surface area contributed by atoms with E-state index in [1.165, 1.54) is 18.2 Å². The Labute approximate surface area is 149 Å². The highest BCUT2D eigenvalue weighted by molar-refractivity contribution is 5.91. The molecule has 0 aliphatic carbocycles. The number of carbonyl (C=O) groups excluding carboxylic acids is 3. The van der Waals surface area contributed by atoms with Gasteiger partial charge in [0.1, 0.15) is 23.6 Å². The van der Waals surface area contributed by atoms with Crippen molar-refractivity contribution in [3.05, 3.63) is 29.6 Å². The van der Waals surface area contributed by atoms with Gasteiger partial charge in [0.05, 0.1) is 7.11 Å². The maximum Gasteiger partial charge on any atom is 0.408 e. The number of nitrogens with one attached hydrogen (secondary N) is 1. The summed E-state index contributed by atoms with van der Waals surface area (Å²) in [5, 5.41) is 11.2. The number of hydrogen-bond donors (Lipinski definition) is 2. The summed E-state index contributed by atoms with van der Waals surface area (Å²) >= 11 is 0. The van der Waals surface area contributed by atoms with Crippen LogP contribution in [-0.2, 0) is 19.0 Å². The number of methoxy groups -OCH3 is 1. The SMILES string of the molecule is COC(=O)c1cccc(C(=O)OC[C@H](NC(=O)OC(C)(C)C)C(=O)O)n1. The number of nitrogens with zero attached hydrogens (tertiary/aromatic N) is 1. The van der Waals surface area contributed by atoms with Gasteiger partial charge in [-0.25, -0.2) is 24.2 Å². The number of amides is 1. The Bertz CT molecular complexity index is 696. The van der Waals surface area contributed by atoms with E-state index < -0.39 is 42.3 Å². The molecule has 0 fully saturated rings. The monoisotopic (exact) mass is 368 g/mol. The van der Waals surface area contributed by atoms with Gasteiger partial charge in [-0.1, -0.05) is 6.07 Å². The van der Waals surface area contributed by atoms with Gasteiger partial charge in [-0.05, 0) is 32.9 Å². The van der Waals surface area contributed by atoms with Crippen molar-refractivity contribution >= 4 is 24.0 Å². The number of carboxylic acid groups (broad SMARTS) is 1. The molecule has 10 nitrogen and oxygen atoms in total. The molecular weight excluding hydrogens is 348 g/mol. The number of hydrogen-bond acceptors (Lipinski definition) is 8. The predicted molar refractivity (Wildman–Crippen MR) is 86.7 cm³/mol. The average Bonchev–Trinajstić information content (AvgIpc) is 2.55. The first-order valence-electron chi connectivity index (χ1n) is 7.48. The number of aliphatic carboxylic acids is 1. The molecule has 1 aromatic heterocycles. The van der Waals surface area contributed by atoms with Crippen molar-refractivity contribution < 1.29 is 38.5 Å². The Morgan fingerprint density at radius 1 is 1.15 bits per heavy atom. The van der Waals surface area contributed by atoms with Crippen LogP contribution in [0.3, 0.4) is 0 Å². The molecule has 0 spiro atoms. The van der Waals surface area contributed by atoms with Crippen LogP contribution in [0.5, 0.6) is 0 Å². The Hall–Kier alpha value is -3.17. The molecule has 1 rings (SSSR count). The molecule has 0 bridgehead atoms. The number of carboxylic acids is 1. The molecule has 0 saturated heterocycles. The van der Waals surface area contributed by atoms with E-state index in [2.05, 4.69) is 15.0 Å². The standard InChI is InChI=1S/C16H20N2O8/c1-16(2,3)26-15(23)18-11(12(19)20)8-25-14(22)10-7-5-6-9(17-10)13(21)24-4/h5-7,11H,8H2,1-4H3,(H,18,23)(H,19,20)/t11-/m0/s1. The highest BCUT2D eigenvalue weighted by atomic mass is 16.6. The van der Waals surface area contributed by atoms with Gasteiger partial charge < -0.3 is 24.6 Å². The highest BCUT2D eigenvalue weighted by Gasteiger charge is 2.26. The normalized spacial score (nSPS) is 11.8. The lowest BCUT2D eigenvalue weighted by Gasteiger charge is -2.21. The van der Waals surface area contributed by atoms with Crippen molar-refractivity contribution in [3.8, 4) is 0 Å². The molecule has 0 saturated carbocycles. The van der Waals surface area contributed by atoms with E-state index in [1.807, 2.05) is 0 Å². The first-order valence-corrected chi connectivity index (χ1v) is 7.48. The lowest BCUT2D eigenvalue weighted by atomic mass is 10.2. The Balaban J connectivity index is 2.72. The minimum atomic E-state index is -1.52. The van der Waals surface area contributed by atoms with Gasteiger partial charge in [0, 0.05) is 0 Å². The Morgan fingerprint density at radius 3 is 2.23 bits per heavy atom. The first-order chi connectivity index (χ1) is 12.0. The summed E-state index contributed by atoms with van der Waals surface area (Å²) in [6.45, 7) is 4.19. The molecular formula is C16H20N2O8. The maximum atomic E-state index is 12.0. The van der Waals surface area contributed by atoms with Crippen LogP contribution in [0.15, 0.2) is 18.2 Å². The summed E-state index contributed by atoms with van der Waals surface area (Å²) in [6.07, 6.45) is -0.966. The number of alkyl carbamates (subject to hydrolysis) is 1. The second kappa shape index (κ2) is 8.79. The predicted octanol–water partition coefficient (Wildman–Crippen LogP) is 1.00. The second-order valence-electron chi connectivity index (χ2n) is 6.04. The van der Waals surface area contributed by atoms with Crippen molar-refractivity contribution in [3.63, 3.8) is 0 Å². The fraction of sp³-hybridized carbons (Fsp3) is 0.438. The van der Waals surface area contributed by atoms with E-state index in [0.717, 1.165) is 7.11 Å². The first kappa shape index (κ1) is 20.9. The van der Waals surface area contributed by atoms with Gasteiger partial charge in [0.2, 0.25) is 0 Å². The molecule has 142 valence electrons. The van der Waals surface area contributed by atoms with Crippen LogP contribution in [0.2, 0.25) is 0 Å². The molecule has 10 heteroatoms. The fourth-order valence-electron chi connectivity index (χ4n) is 1.62. The average molecular weight is 368 g/mol. The summed E-state index contributed by atoms with van der Waals surface area (Å²) in [7, 11) is 1.16. The van der Waals surface area contributed by atoms with Crippen LogP contribution in [0, 0.1) is 0 Å². The van der Waals surface area contributed by atoms with Crippen molar-refractivity contribution in [1.29, 1.82) is 0 Å². The van der Waals surface area contributed by atoms with Crippen molar-refractivity contribution in [2.24, 2.45) is 0 Å². The fourth-order valence-corrected chi connectivity index (χ4v) is 1.62. The third-order valence-corrected chi connectivity index (χ3v) is 2.72. The lowest BCUT2D eigenvalue weighted by molar-refractivity contribution is -0.140. The molecule has 2 N–H and O–H groups in total. The van der Waals surface area contributed by atoms with E-state index in [9.17, 15) is 19.2 Å². The van der Waals surface area contributed by atoms with Gasteiger partial charge in [-0.3, -0.25) is 0 Å². The molecule has 0 aliphatic heterocycles. The van der Waals surface area contributed by atoms with Crippen molar-refractivity contribution in [1.82, 2.24) is 10.3 Å². The quantitative estimate of drug-likeness (QED) is 0.555. The van der Waals surface area contributed by atoms with E-state index in [0.29, 0.717) is 0 Å². The van der Waals surface area contributed by atoms with Crippen LogP contribution in [-0.4, -0.2) is 59.5 Å². The van der Waals surface area contributed by atoms with Crippen molar-refractivity contribution in [2.45, 2.75) is 32.4 Å². The maximum absolute atomic E-state index is 12.0. The number of rotatable bonds is 6. The highest BCUT2D eigenvalue weighted by Crippen LogP contribution is 2.07. The number of ether oxygens (including phenoxy) is 3. The van der Waals surface area contributed by atoms with Gasteiger partial charge >= 0.3 is 24.0 Å². The summed E-state index contributed by atoms with van der Waals surface area (Å²) < 4.78 is 14.3. The summed E-state index contributed by atoms with van der Waals surface area (Å²) in [4.78, 5) is 50.0. The van der Waals surface area contributed by atoms with Gasteiger partial charge in [0.15, 0.2) is 6.04 Å². The number of pyridine rings is 1. The molecule has 0 aliphatic rings. The van der Waals surface area contributed by atoms with Gasteiger partial charge in [0.25, 0.3) is 0 Å². The Morgan fingerprint density at radius 2 is 1.73 bits per heavy atom. The molecule has 26 heavy (non-hydrogen) atoms. The Kier molecular flexibility index (Phi) is 7.06. The molecule has 0 aromatic carbocycles.